The molecule has 64 valence electrons. The molecule has 4 nitrogen and oxygen atoms in total. The summed E-state index contributed by atoms with van der Waals surface area (Å²) < 4.78 is 0.724. The van der Waals surface area contributed by atoms with Crippen LogP contribution in [0.15, 0.2) is 17.0 Å². The number of aliphatic hydroxyl groups excluding tert-OH is 1. The van der Waals surface area contributed by atoms with Gasteiger partial charge in [0.2, 0.25) is 0 Å². The Morgan fingerprint density at radius 3 is 2.83 bits per heavy atom. The molecule has 0 bridgehead atoms. The van der Waals surface area contributed by atoms with Crippen LogP contribution in [0.1, 0.15) is 0 Å². The van der Waals surface area contributed by atoms with Gasteiger partial charge < -0.3 is 10.0 Å². The van der Waals surface area contributed by atoms with Crippen molar-refractivity contribution in [3.63, 3.8) is 0 Å². The van der Waals surface area contributed by atoms with Gasteiger partial charge in [-0.25, -0.2) is 4.98 Å². The number of aromatic nitrogens is 2. The molecule has 0 saturated carbocycles. The lowest BCUT2D eigenvalue weighted by Crippen LogP contribution is -2.51. The number of nitrogens with zero attached hydrogens (tertiary/aromatic N) is 3. The summed E-state index contributed by atoms with van der Waals surface area (Å²) in [6, 6.07) is 0. The van der Waals surface area contributed by atoms with Gasteiger partial charge in [0.05, 0.1) is 18.5 Å². The summed E-state index contributed by atoms with van der Waals surface area (Å²) in [5.41, 5.74) is 0. The highest BCUT2D eigenvalue weighted by Gasteiger charge is 2.25. The standard InChI is InChI=1S/C7H8BrN3O/c8-6-1-9-2-7(10-6)11-3-5(12)4-11/h1-2,5,12H,3-4H2. The summed E-state index contributed by atoms with van der Waals surface area (Å²) in [6.45, 7) is 1.32. The number of halogens is 1. The van der Waals surface area contributed by atoms with E-state index in [-0.39, 0.29) is 6.10 Å². The highest BCUT2D eigenvalue weighted by Crippen LogP contribution is 2.18. The van der Waals surface area contributed by atoms with Gasteiger partial charge in [-0.15, -0.1) is 0 Å². The Morgan fingerprint density at radius 2 is 2.25 bits per heavy atom. The molecule has 2 rings (SSSR count). The minimum absolute atomic E-state index is 0.203. The third-order valence-corrected chi connectivity index (χ3v) is 2.16. The lowest BCUT2D eigenvalue weighted by atomic mass is 10.2. The molecule has 1 aliphatic heterocycles. The molecule has 1 N–H and O–H groups in total. The lowest BCUT2D eigenvalue weighted by Gasteiger charge is -2.36. The van der Waals surface area contributed by atoms with Gasteiger partial charge in [-0.3, -0.25) is 4.98 Å². The number of aliphatic hydroxyl groups is 1. The molecule has 1 fully saturated rings. The maximum Gasteiger partial charge on any atom is 0.148 e. The van der Waals surface area contributed by atoms with E-state index >= 15 is 0 Å². The Kier molecular flexibility index (Phi) is 1.98. The molecule has 1 aromatic heterocycles. The van der Waals surface area contributed by atoms with Crippen LogP contribution in [0.5, 0.6) is 0 Å². The highest BCUT2D eigenvalue weighted by atomic mass is 79.9. The van der Waals surface area contributed by atoms with Gasteiger partial charge in [0.15, 0.2) is 0 Å². The molecule has 0 radical (unpaired) electrons. The zero-order valence-electron chi connectivity index (χ0n) is 6.31. The molecular formula is C7H8BrN3O. The van der Waals surface area contributed by atoms with Crippen molar-refractivity contribution in [1.82, 2.24) is 9.97 Å². The topological polar surface area (TPSA) is 49.2 Å². The van der Waals surface area contributed by atoms with Crippen LogP contribution in [-0.2, 0) is 0 Å². The van der Waals surface area contributed by atoms with E-state index in [2.05, 4.69) is 25.9 Å². The third-order valence-electron chi connectivity index (χ3n) is 1.78. The SMILES string of the molecule is OC1CN(c2cncc(Br)n2)C1. The molecule has 1 aliphatic rings. The first-order chi connectivity index (χ1) is 5.75. The summed E-state index contributed by atoms with van der Waals surface area (Å²) in [6.07, 6.45) is 3.13. The van der Waals surface area contributed by atoms with E-state index in [9.17, 15) is 0 Å². The normalized spacial score (nSPS) is 17.7. The van der Waals surface area contributed by atoms with Gasteiger partial charge in [-0.1, -0.05) is 0 Å². The quantitative estimate of drug-likeness (QED) is 0.759. The number of anilines is 1. The maximum atomic E-state index is 9.05. The van der Waals surface area contributed by atoms with Gasteiger partial charge in [-0.05, 0) is 15.9 Å². The fraction of sp³-hybridized carbons (Fsp3) is 0.429. The van der Waals surface area contributed by atoms with Crippen LogP contribution in [0.25, 0.3) is 0 Å². The van der Waals surface area contributed by atoms with E-state index in [1.54, 1.807) is 12.4 Å². The summed E-state index contributed by atoms with van der Waals surface area (Å²) >= 11 is 3.24. The summed E-state index contributed by atoms with van der Waals surface area (Å²) in [7, 11) is 0. The molecule has 0 spiro atoms. The van der Waals surface area contributed by atoms with Crippen LogP contribution in [0.4, 0.5) is 5.82 Å². The Morgan fingerprint density at radius 1 is 1.50 bits per heavy atom. The second kappa shape index (κ2) is 2.99. The van der Waals surface area contributed by atoms with E-state index in [4.69, 9.17) is 5.11 Å². The van der Waals surface area contributed by atoms with Gasteiger partial charge in [0, 0.05) is 13.1 Å². The summed E-state index contributed by atoms with van der Waals surface area (Å²) in [5.74, 6) is 0.815. The molecule has 1 aromatic rings. The predicted octanol–water partition coefficient (Wildman–Crippen LogP) is 0.420. The molecule has 0 aromatic carbocycles. The maximum absolute atomic E-state index is 9.05. The van der Waals surface area contributed by atoms with Crippen LogP contribution in [0.2, 0.25) is 0 Å². The van der Waals surface area contributed by atoms with Gasteiger partial charge in [0.25, 0.3) is 0 Å². The minimum atomic E-state index is -0.203. The summed E-state index contributed by atoms with van der Waals surface area (Å²) in [5, 5.41) is 9.05. The average Bonchev–Trinajstić information content (AvgIpc) is 1.99. The molecule has 1 saturated heterocycles. The molecule has 0 aliphatic carbocycles. The van der Waals surface area contributed by atoms with E-state index in [1.807, 2.05) is 4.90 Å². The van der Waals surface area contributed by atoms with Crippen molar-refractivity contribution in [3.05, 3.63) is 17.0 Å². The van der Waals surface area contributed by atoms with Crippen LogP contribution in [-0.4, -0.2) is 34.3 Å². The second-order valence-corrected chi connectivity index (χ2v) is 3.57. The number of rotatable bonds is 1. The first-order valence-corrected chi connectivity index (χ1v) is 4.45. The van der Waals surface area contributed by atoms with Crippen LogP contribution >= 0.6 is 15.9 Å². The Balaban J connectivity index is 2.13. The van der Waals surface area contributed by atoms with Gasteiger partial charge in [-0.2, -0.15) is 0 Å². The molecule has 2 heterocycles. The Hall–Kier alpha value is -0.680. The second-order valence-electron chi connectivity index (χ2n) is 2.76. The van der Waals surface area contributed by atoms with Crippen molar-refractivity contribution >= 4 is 21.7 Å². The van der Waals surface area contributed by atoms with Gasteiger partial charge >= 0.3 is 0 Å². The fourth-order valence-corrected chi connectivity index (χ4v) is 1.43. The van der Waals surface area contributed by atoms with Crippen molar-refractivity contribution in [1.29, 1.82) is 0 Å². The molecule has 0 atom stereocenters. The van der Waals surface area contributed by atoms with Crippen LogP contribution in [0, 0.1) is 0 Å². The van der Waals surface area contributed by atoms with E-state index < -0.39 is 0 Å². The van der Waals surface area contributed by atoms with Crippen molar-refractivity contribution in [3.8, 4) is 0 Å². The largest absolute Gasteiger partial charge is 0.389 e. The van der Waals surface area contributed by atoms with Crippen LogP contribution < -0.4 is 4.90 Å². The Labute approximate surface area is 78.4 Å². The van der Waals surface area contributed by atoms with Crippen molar-refractivity contribution < 1.29 is 5.11 Å². The van der Waals surface area contributed by atoms with Crippen molar-refractivity contribution in [2.45, 2.75) is 6.10 Å². The zero-order chi connectivity index (χ0) is 8.55. The van der Waals surface area contributed by atoms with Crippen LogP contribution in [0.3, 0.4) is 0 Å². The first kappa shape index (κ1) is 7.94. The predicted molar refractivity (Wildman–Crippen MR) is 48.0 cm³/mol. The number of β-amino-alcohol motifs (C(OH)–C–C–N with tert-alkyl or cyclic N) is 1. The van der Waals surface area contributed by atoms with E-state index in [1.165, 1.54) is 0 Å². The summed E-state index contributed by atoms with van der Waals surface area (Å²) in [4.78, 5) is 10.2. The third kappa shape index (κ3) is 1.42. The molecule has 12 heavy (non-hydrogen) atoms. The average molecular weight is 230 g/mol. The molecular weight excluding hydrogens is 222 g/mol. The molecule has 5 heteroatoms. The number of hydrogen-bond acceptors (Lipinski definition) is 4. The van der Waals surface area contributed by atoms with Crippen molar-refractivity contribution in [2.75, 3.05) is 18.0 Å². The lowest BCUT2D eigenvalue weighted by molar-refractivity contribution is 0.141. The Bertz CT molecular complexity index is 288. The smallest absolute Gasteiger partial charge is 0.148 e. The zero-order valence-corrected chi connectivity index (χ0v) is 7.90. The minimum Gasteiger partial charge on any atom is -0.389 e. The number of hydrogen-bond donors (Lipinski definition) is 1. The van der Waals surface area contributed by atoms with Gasteiger partial charge in [0.1, 0.15) is 10.4 Å². The highest BCUT2D eigenvalue weighted by molar-refractivity contribution is 9.10. The van der Waals surface area contributed by atoms with E-state index in [0.29, 0.717) is 13.1 Å². The monoisotopic (exact) mass is 229 g/mol. The first-order valence-electron chi connectivity index (χ1n) is 3.66. The van der Waals surface area contributed by atoms with Crippen molar-refractivity contribution in [2.24, 2.45) is 0 Å². The molecule has 0 unspecified atom stereocenters. The molecule has 0 amide bonds. The fourth-order valence-electron chi connectivity index (χ4n) is 1.13. The van der Waals surface area contributed by atoms with E-state index in [0.717, 1.165) is 10.4 Å².